The summed E-state index contributed by atoms with van der Waals surface area (Å²) in [5, 5.41) is 2.91. The van der Waals surface area contributed by atoms with Gasteiger partial charge < -0.3 is 15.6 Å². The number of aryl methyl sites for hydroxylation is 2. The van der Waals surface area contributed by atoms with Crippen molar-refractivity contribution in [3.63, 3.8) is 0 Å². The molecule has 5 nitrogen and oxygen atoms in total. The molecule has 0 fully saturated rings. The van der Waals surface area contributed by atoms with Gasteiger partial charge in [-0.25, -0.2) is 4.98 Å². The van der Waals surface area contributed by atoms with Crippen molar-refractivity contribution in [2.75, 3.05) is 12.3 Å². The fourth-order valence-electron chi connectivity index (χ4n) is 1.74. The van der Waals surface area contributed by atoms with Crippen LogP contribution in [-0.4, -0.2) is 22.0 Å². The molecule has 0 radical (unpaired) electrons. The number of unbranched alkanes of at least 4 members (excludes halogenated alkanes) is 1. The first-order valence-corrected chi connectivity index (χ1v) is 7.08. The number of carbonyl (C=O) groups is 1. The van der Waals surface area contributed by atoms with Crippen molar-refractivity contribution in [2.45, 2.75) is 26.3 Å². The molecule has 0 saturated heterocycles. The van der Waals surface area contributed by atoms with Crippen molar-refractivity contribution in [1.82, 2.24) is 14.9 Å². The quantitative estimate of drug-likeness (QED) is 0.794. The number of hydrogen-bond donors (Lipinski definition) is 2. The van der Waals surface area contributed by atoms with E-state index in [0.29, 0.717) is 17.1 Å². The van der Waals surface area contributed by atoms with Gasteiger partial charge in [0.2, 0.25) is 0 Å². The molecule has 0 aliphatic rings. The average molecular weight is 278 g/mol. The average Bonchev–Trinajstić information content (AvgIpc) is 3.00. The predicted octanol–water partition coefficient (Wildman–Crippen LogP) is 2.05. The smallest absolute Gasteiger partial charge is 0.261 e. The highest BCUT2D eigenvalue weighted by Gasteiger charge is 2.09. The summed E-state index contributed by atoms with van der Waals surface area (Å²) in [7, 11) is 0. The van der Waals surface area contributed by atoms with Gasteiger partial charge in [0.05, 0.1) is 11.2 Å². The Morgan fingerprint density at radius 1 is 1.53 bits per heavy atom. The Bertz CT molecular complexity index is 513. The highest BCUT2D eigenvalue weighted by molar-refractivity contribution is 7.14. The number of nitrogens with one attached hydrogen (secondary N) is 1. The van der Waals surface area contributed by atoms with Crippen molar-refractivity contribution in [3.05, 3.63) is 34.5 Å². The van der Waals surface area contributed by atoms with Gasteiger partial charge in [0.25, 0.3) is 5.91 Å². The van der Waals surface area contributed by atoms with Gasteiger partial charge in [-0.3, -0.25) is 4.79 Å². The molecule has 0 aliphatic heterocycles. The number of amides is 1. The highest BCUT2D eigenvalue weighted by atomic mass is 32.1. The number of nitrogen functional groups attached to an aromatic ring is 1. The number of hydrogen-bond acceptors (Lipinski definition) is 4. The molecule has 0 atom stereocenters. The predicted molar refractivity (Wildman–Crippen MR) is 77.3 cm³/mol. The first kappa shape index (κ1) is 13.6. The molecule has 0 bridgehead atoms. The third kappa shape index (κ3) is 3.82. The van der Waals surface area contributed by atoms with Crippen LogP contribution in [0.25, 0.3) is 0 Å². The number of imidazole rings is 1. The van der Waals surface area contributed by atoms with Crippen LogP contribution in [0.3, 0.4) is 0 Å². The van der Waals surface area contributed by atoms with E-state index in [1.54, 1.807) is 18.6 Å². The molecule has 6 heteroatoms. The normalized spacial score (nSPS) is 10.6. The summed E-state index contributed by atoms with van der Waals surface area (Å²) in [5.41, 5.74) is 6.42. The van der Waals surface area contributed by atoms with Gasteiger partial charge in [0.1, 0.15) is 0 Å². The SMILES string of the molecule is Cc1sc(C(=O)NCCCCn2ccnc2)cc1N. The zero-order valence-electron chi connectivity index (χ0n) is 10.9. The molecule has 3 N–H and O–H groups in total. The lowest BCUT2D eigenvalue weighted by atomic mass is 10.3. The molecule has 0 spiro atoms. The van der Waals surface area contributed by atoms with Gasteiger partial charge >= 0.3 is 0 Å². The first-order valence-electron chi connectivity index (χ1n) is 6.26. The Morgan fingerprint density at radius 3 is 3.00 bits per heavy atom. The molecule has 2 aromatic heterocycles. The van der Waals surface area contributed by atoms with Gasteiger partial charge in [-0.1, -0.05) is 0 Å². The molecule has 0 saturated carbocycles. The van der Waals surface area contributed by atoms with Crippen molar-refractivity contribution < 1.29 is 4.79 Å². The molecule has 19 heavy (non-hydrogen) atoms. The number of carbonyl (C=O) groups excluding carboxylic acids is 1. The molecular weight excluding hydrogens is 260 g/mol. The summed E-state index contributed by atoms with van der Waals surface area (Å²) < 4.78 is 2.03. The summed E-state index contributed by atoms with van der Waals surface area (Å²) in [4.78, 5) is 17.5. The monoisotopic (exact) mass is 278 g/mol. The van der Waals surface area contributed by atoms with E-state index in [4.69, 9.17) is 5.73 Å². The van der Waals surface area contributed by atoms with Crippen LogP contribution >= 0.6 is 11.3 Å². The molecule has 1 amide bonds. The van der Waals surface area contributed by atoms with E-state index >= 15 is 0 Å². The zero-order chi connectivity index (χ0) is 13.7. The minimum atomic E-state index is -0.0348. The molecule has 102 valence electrons. The van der Waals surface area contributed by atoms with E-state index in [1.807, 2.05) is 17.7 Å². The van der Waals surface area contributed by atoms with Gasteiger partial charge in [-0.15, -0.1) is 11.3 Å². The van der Waals surface area contributed by atoms with E-state index in [-0.39, 0.29) is 5.91 Å². The van der Waals surface area contributed by atoms with Crippen LogP contribution in [0.2, 0.25) is 0 Å². The lowest BCUT2D eigenvalue weighted by molar-refractivity contribution is 0.0957. The third-order valence-electron chi connectivity index (χ3n) is 2.87. The second-order valence-corrected chi connectivity index (χ2v) is 5.64. The number of nitrogens with two attached hydrogens (primary N) is 1. The van der Waals surface area contributed by atoms with Gasteiger partial charge in [-0.05, 0) is 25.8 Å². The van der Waals surface area contributed by atoms with E-state index in [9.17, 15) is 4.79 Å². The van der Waals surface area contributed by atoms with Crippen LogP contribution in [0.4, 0.5) is 5.69 Å². The number of nitrogens with zero attached hydrogens (tertiary/aromatic N) is 2. The Hall–Kier alpha value is -1.82. The van der Waals surface area contributed by atoms with Crippen LogP contribution in [0.15, 0.2) is 24.8 Å². The molecule has 2 aromatic rings. The molecule has 0 unspecified atom stereocenters. The molecule has 0 aliphatic carbocycles. The van der Waals surface area contributed by atoms with E-state index in [0.717, 1.165) is 24.3 Å². The summed E-state index contributed by atoms with van der Waals surface area (Å²) in [6.07, 6.45) is 7.48. The Morgan fingerprint density at radius 2 is 2.37 bits per heavy atom. The van der Waals surface area contributed by atoms with Gasteiger partial charge in [0, 0.05) is 36.0 Å². The fourth-order valence-corrected chi connectivity index (χ4v) is 2.59. The second kappa shape index (κ2) is 6.38. The summed E-state index contributed by atoms with van der Waals surface area (Å²) in [6, 6.07) is 1.74. The first-order chi connectivity index (χ1) is 9.16. The minimum absolute atomic E-state index is 0.0348. The number of rotatable bonds is 6. The second-order valence-electron chi connectivity index (χ2n) is 4.39. The van der Waals surface area contributed by atoms with Gasteiger partial charge in [-0.2, -0.15) is 0 Å². The summed E-state index contributed by atoms with van der Waals surface area (Å²) in [5.74, 6) is -0.0348. The molecule has 2 rings (SSSR count). The Kier molecular flexibility index (Phi) is 4.57. The third-order valence-corrected chi connectivity index (χ3v) is 3.93. The van der Waals surface area contributed by atoms with E-state index < -0.39 is 0 Å². The van der Waals surface area contributed by atoms with Crippen LogP contribution in [-0.2, 0) is 6.54 Å². The van der Waals surface area contributed by atoms with Gasteiger partial charge in [0.15, 0.2) is 0 Å². The maximum absolute atomic E-state index is 11.8. The number of thiophene rings is 1. The lowest BCUT2D eigenvalue weighted by Crippen LogP contribution is -2.23. The van der Waals surface area contributed by atoms with Crippen LogP contribution in [0, 0.1) is 6.92 Å². The molecular formula is C13H18N4OS. The molecule has 2 heterocycles. The maximum Gasteiger partial charge on any atom is 0.261 e. The lowest BCUT2D eigenvalue weighted by Gasteiger charge is -2.04. The Balaban J connectivity index is 1.66. The topological polar surface area (TPSA) is 72.9 Å². The number of anilines is 1. The van der Waals surface area contributed by atoms with Crippen LogP contribution in [0.1, 0.15) is 27.4 Å². The summed E-state index contributed by atoms with van der Waals surface area (Å²) in [6.45, 7) is 3.53. The van der Waals surface area contributed by atoms with Crippen molar-refractivity contribution >= 4 is 22.9 Å². The largest absolute Gasteiger partial charge is 0.398 e. The van der Waals surface area contributed by atoms with Crippen molar-refractivity contribution in [2.24, 2.45) is 0 Å². The standard InChI is InChI=1S/C13H18N4OS/c1-10-11(14)8-12(19-10)13(18)16-4-2-3-6-17-7-5-15-9-17/h5,7-9H,2-4,6,14H2,1H3,(H,16,18). The zero-order valence-corrected chi connectivity index (χ0v) is 11.7. The highest BCUT2D eigenvalue weighted by Crippen LogP contribution is 2.23. The van der Waals surface area contributed by atoms with E-state index in [1.165, 1.54) is 11.3 Å². The van der Waals surface area contributed by atoms with Crippen LogP contribution < -0.4 is 11.1 Å². The summed E-state index contributed by atoms with van der Waals surface area (Å²) >= 11 is 1.43. The van der Waals surface area contributed by atoms with Crippen LogP contribution in [0.5, 0.6) is 0 Å². The molecule has 0 aromatic carbocycles. The van der Waals surface area contributed by atoms with Crippen molar-refractivity contribution in [1.29, 1.82) is 0 Å². The Labute approximate surface area is 116 Å². The minimum Gasteiger partial charge on any atom is -0.398 e. The van der Waals surface area contributed by atoms with Crippen molar-refractivity contribution in [3.8, 4) is 0 Å². The maximum atomic E-state index is 11.8. The number of aromatic nitrogens is 2. The van der Waals surface area contributed by atoms with E-state index in [2.05, 4.69) is 10.3 Å². The fraction of sp³-hybridized carbons (Fsp3) is 0.385.